The third-order valence-electron chi connectivity index (χ3n) is 3.42. The average Bonchev–Trinajstić information content (AvgIpc) is 2.61. The van der Waals surface area contributed by atoms with Gasteiger partial charge in [0.25, 0.3) is 0 Å². The maximum Gasteiger partial charge on any atom is -0.0193 e. The highest BCUT2D eigenvalue weighted by Crippen LogP contribution is 2.30. The third-order valence-corrected chi connectivity index (χ3v) is 3.42. The minimum atomic E-state index is 0.802. The Morgan fingerprint density at radius 3 is 2.93 bits per heavy atom. The van der Waals surface area contributed by atoms with Gasteiger partial charge in [-0.15, -0.1) is 0 Å². The first-order valence-electron chi connectivity index (χ1n) is 6.55. The molecule has 1 fully saturated rings. The van der Waals surface area contributed by atoms with Crippen LogP contribution in [0.1, 0.15) is 58.8 Å². The second-order valence-corrected chi connectivity index (χ2v) is 5.16. The second kappa shape index (κ2) is 6.87. The number of hydrogen-bond donors (Lipinski definition) is 0. The Morgan fingerprint density at radius 2 is 2.33 bits per heavy atom. The van der Waals surface area contributed by atoms with Gasteiger partial charge in [0.2, 0.25) is 0 Å². The maximum absolute atomic E-state index is 4.05. The van der Waals surface area contributed by atoms with Gasteiger partial charge in [-0.1, -0.05) is 57.4 Å². The number of hydrogen-bond acceptors (Lipinski definition) is 0. The minimum Gasteiger partial charge on any atom is -0.0998 e. The fourth-order valence-electron chi connectivity index (χ4n) is 2.30. The lowest BCUT2D eigenvalue weighted by Crippen LogP contribution is -1.93. The van der Waals surface area contributed by atoms with Gasteiger partial charge in [-0.05, 0) is 37.5 Å². The van der Waals surface area contributed by atoms with E-state index in [0.717, 1.165) is 11.8 Å². The van der Waals surface area contributed by atoms with E-state index in [2.05, 4.69) is 32.6 Å². The van der Waals surface area contributed by atoms with Crippen LogP contribution in [0.4, 0.5) is 0 Å². The molecule has 1 saturated carbocycles. The van der Waals surface area contributed by atoms with Gasteiger partial charge >= 0.3 is 0 Å². The van der Waals surface area contributed by atoms with Crippen LogP contribution in [0.3, 0.4) is 0 Å². The lowest BCUT2D eigenvalue weighted by molar-refractivity contribution is 0.510. The molecular weight excluding hydrogens is 180 g/mol. The van der Waals surface area contributed by atoms with Crippen molar-refractivity contribution in [2.24, 2.45) is 11.8 Å². The molecule has 0 aromatic carbocycles. The lowest BCUT2D eigenvalue weighted by Gasteiger charge is -2.07. The molecule has 15 heavy (non-hydrogen) atoms. The van der Waals surface area contributed by atoms with Gasteiger partial charge in [0, 0.05) is 0 Å². The van der Waals surface area contributed by atoms with E-state index in [1.807, 2.05) is 0 Å². The maximum atomic E-state index is 4.05. The summed E-state index contributed by atoms with van der Waals surface area (Å²) in [4.78, 5) is 0. The van der Waals surface area contributed by atoms with Gasteiger partial charge in [0.15, 0.2) is 0 Å². The Hall–Kier alpha value is -0.520. The molecule has 0 heterocycles. The predicted molar refractivity (Wildman–Crippen MR) is 68.9 cm³/mol. The average molecular weight is 206 g/mol. The fraction of sp³-hybridized carbons (Fsp3) is 0.733. The number of unbranched alkanes of at least 4 members (excludes halogenated alkanes) is 1. The van der Waals surface area contributed by atoms with Crippen LogP contribution >= 0.6 is 0 Å². The summed E-state index contributed by atoms with van der Waals surface area (Å²) in [6.45, 7) is 8.69. The van der Waals surface area contributed by atoms with E-state index >= 15 is 0 Å². The van der Waals surface area contributed by atoms with Crippen molar-refractivity contribution >= 4 is 0 Å². The molecule has 1 rings (SSSR count). The molecule has 0 aromatic heterocycles. The molecule has 1 aliphatic rings. The van der Waals surface area contributed by atoms with Crippen molar-refractivity contribution in [2.45, 2.75) is 58.8 Å². The molecule has 0 aliphatic heterocycles. The van der Waals surface area contributed by atoms with Crippen LogP contribution in [-0.4, -0.2) is 0 Å². The molecule has 0 N–H and O–H groups in total. The summed E-state index contributed by atoms with van der Waals surface area (Å²) in [7, 11) is 0. The third kappa shape index (κ3) is 5.20. The van der Waals surface area contributed by atoms with Crippen LogP contribution in [0, 0.1) is 11.8 Å². The van der Waals surface area contributed by atoms with E-state index in [1.54, 1.807) is 0 Å². The molecule has 2 unspecified atom stereocenters. The Morgan fingerprint density at radius 1 is 1.53 bits per heavy atom. The summed E-state index contributed by atoms with van der Waals surface area (Å²) >= 11 is 0. The molecule has 1 aliphatic carbocycles. The van der Waals surface area contributed by atoms with Gasteiger partial charge in [0.05, 0.1) is 0 Å². The molecule has 0 nitrogen and oxygen atoms in total. The summed E-state index contributed by atoms with van der Waals surface area (Å²) < 4.78 is 0. The van der Waals surface area contributed by atoms with Crippen molar-refractivity contribution in [3.63, 3.8) is 0 Å². The highest BCUT2D eigenvalue weighted by atomic mass is 14.2. The molecule has 0 saturated heterocycles. The van der Waals surface area contributed by atoms with Crippen molar-refractivity contribution < 1.29 is 0 Å². The highest BCUT2D eigenvalue weighted by molar-refractivity contribution is 5.07. The lowest BCUT2D eigenvalue weighted by atomic mass is 9.99. The largest absolute Gasteiger partial charge is 0.0998 e. The Kier molecular flexibility index (Phi) is 5.75. The zero-order chi connectivity index (χ0) is 11.1. The molecule has 0 spiro atoms. The smallest absolute Gasteiger partial charge is 0.0193 e. The van der Waals surface area contributed by atoms with E-state index in [0.29, 0.717) is 0 Å². The molecule has 86 valence electrons. The van der Waals surface area contributed by atoms with Gasteiger partial charge < -0.3 is 0 Å². The van der Waals surface area contributed by atoms with E-state index in [9.17, 15) is 0 Å². The summed E-state index contributed by atoms with van der Waals surface area (Å²) in [5.41, 5.74) is 1.45. The van der Waals surface area contributed by atoms with Crippen LogP contribution < -0.4 is 0 Å². The number of rotatable bonds is 6. The zero-order valence-electron chi connectivity index (χ0n) is 10.5. The molecule has 0 bridgehead atoms. The van der Waals surface area contributed by atoms with Crippen molar-refractivity contribution in [1.82, 2.24) is 0 Å². The van der Waals surface area contributed by atoms with E-state index < -0.39 is 0 Å². The normalized spacial score (nSPS) is 23.9. The molecule has 0 heteroatoms. The molecule has 0 radical (unpaired) electrons. The zero-order valence-corrected chi connectivity index (χ0v) is 10.5. The topological polar surface area (TPSA) is 0 Å². The van der Waals surface area contributed by atoms with Gasteiger partial charge in [-0.3, -0.25) is 0 Å². The summed E-state index contributed by atoms with van der Waals surface area (Å²) in [6.07, 6.45) is 14.0. The Balaban J connectivity index is 2.12. The summed E-state index contributed by atoms with van der Waals surface area (Å²) in [5.74, 6) is 1.67. The highest BCUT2D eigenvalue weighted by Gasteiger charge is 2.14. The monoisotopic (exact) mass is 206 g/mol. The van der Waals surface area contributed by atoms with Crippen LogP contribution in [0.2, 0.25) is 0 Å². The number of allylic oxidation sites excluding steroid dienone is 3. The van der Waals surface area contributed by atoms with Crippen molar-refractivity contribution in [3.05, 3.63) is 24.3 Å². The second-order valence-electron chi connectivity index (χ2n) is 5.16. The first-order valence-corrected chi connectivity index (χ1v) is 6.55. The molecule has 2 atom stereocenters. The Bertz CT molecular complexity index is 212. The van der Waals surface area contributed by atoms with Crippen molar-refractivity contribution in [1.29, 1.82) is 0 Å². The summed E-state index contributed by atoms with van der Waals surface area (Å²) in [5, 5.41) is 0. The minimum absolute atomic E-state index is 0.802. The van der Waals surface area contributed by atoms with Crippen LogP contribution in [0.15, 0.2) is 24.3 Å². The van der Waals surface area contributed by atoms with E-state index in [-0.39, 0.29) is 0 Å². The Labute approximate surface area is 95.5 Å². The van der Waals surface area contributed by atoms with Gasteiger partial charge in [-0.25, -0.2) is 0 Å². The first-order chi connectivity index (χ1) is 7.22. The van der Waals surface area contributed by atoms with Gasteiger partial charge in [-0.2, -0.15) is 0 Å². The SMILES string of the molecule is C=C1CCC(/C=C/CC(C)CCCC)C1. The quantitative estimate of drug-likeness (QED) is 0.529. The molecule has 0 amide bonds. The van der Waals surface area contributed by atoms with E-state index in [1.165, 1.54) is 50.5 Å². The standard InChI is InChI=1S/C15H26/c1-4-5-7-13(2)8-6-9-15-11-10-14(3)12-15/h6,9,13,15H,3-5,7-8,10-12H2,1-2H3/b9-6+. The van der Waals surface area contributed by atoms with Crippen LogP contribution in [0.25, 0.3) is 0 Å². The van der Waals surface area contributed by atoms with Crippen LogP contribution in [-0.2, 0) is 0 Å². The summed E-state index contributed by atoms with van der Waals surface area (Å²) in [6, 6.07) is 0. The van der Waals surface area contributed by atoms with Gasteiger partial charge in [0.1, 0.15) is 0 Å². The first kappa shape index (κ1) is 12.5. The fourth-order valence-corrected chi connectivity index (χ4v) is 2.30. The van der Waals surface area contributed by atoms with E-state index in [4.69, 9.17) is 0 Å². The van der Waals surface area contributed by atoms with Crippen molar-refractivity contribution in [3.8, 4) is 0 Å². The molecular formula is C15H26. The van der Waals surface area contributed by atoms with Crippen LogP contribution in [0.5, 0.6) is 0 Å². The molecule has 0 aromatic rings. The predicted octanol–water partition coefficient (Wildman–Crippen LogP) is 5.12. The van der Waals surface area contributed by atoms with Crippen molar-refractivity contribution in [2.75, 3.05) is 0 Å².